The van der Waals surface area contributed by atoms with Gasteiger partial charge in [-0.25, -0.2) is 0 Å². The number of amides is 1. The van der Waals surface area contributed by atoms with Gasteiger partial charge in [0.25, 0.3) is 5.91 Å². The molecule has 0 aliphatic carbocycles. The molecule has 1 atom stereocenters. The molecule has 1 saturated heterocycles. The summed E-state index contributed by atoms with van der Waals surface area (Å²) in [6, 6.07) is 17.6. The molecular formula is C19H21BrN2O2. The van der Waals surface area contributed by atoms with Crippen LogP contribution in [0.1, 0.15) is 22.0 Å². The zero-order chi connectivity index (χ0) is 16.8. The van der Waals surface area contributed by atoms with E-state index in [4.69, 9.17) is 4.74 Å². The summed E-state index contributed by atoms with van der Waals surface area (Å²) in [5, 5.41) is 3.19. The maximum absolute atomic E-state index is 12.7. The minimum absolute atomic E-state index is 0.0519. The Labute approximate surface area is 150 Å². The number of morpholine rings is 1. The fourth-order valence-corrected chi connectivity index (χ4v) is 3.31. The van der Waals surface area contributed by atoms with Gasteiger partial charge in [0.05, 0.1) is 24.8 Å². The number of benzene rings is 2. The van der Waals surface area contributed by atoms with Gasteiger partial charge >= 0.3 is 0 Å². The first-order chi connectivity index (χ1) is 11.7. The first-order valence-corrected chi connectivity index (χ1v) is 8.94. The first kappa shape index (κ1) is 17.1. The van der Waals surface area contributed by atoms with Crippen LogP contribution in [0.3, 0.4) is 0 Å². The molecule has 0 radical (unpaired) electrons. The molecule has 3 rings (SSSR count). The maximum atomic E-state index is 12.7. The van der Waals surface area contributed by atoms with Crippen LogP contribution in [0.2, 0.25) is 0 Å². The topological polar surface area (TPSA) is 41.6 Å². The second-order valence-electron chi connectivity index (χ2n) is 5.83. The number of halogens is 1. The van der Waals surface area contributed by atoms with Gasteiger partial charge in [-0.3, -0.25) is 9.69 Å². The van der Waals surface area contributed by atoms with Gasteiger partial charge in [-0.1, -0.05) is 42.5 Å². The maximum Gasteiger partial charge on any atom is 0.252 e. The van der Waals surface area contributed by atoms with E-state index in [1.165, 1.54) is 0 Å². The summed E-state index contributed by atoms with van der Waals surface area (Å²) in [6.07, 6.45) is 0. The second kappa shape index (κ2) is 8.42. The molecule has 24 heavy (non-hydrogen) atoms. The fraction of sp³-hybridized carbons (Fsp3) is 0.316. The average Bonchev–Trinajstić information content (AvgIpc) is 2.63. The van der Waals surface area contributed by atoms with Gasteiger partial charge in [-0.15, -0.1) is 0 Å². The number of carbonyl (C=O) groups is 1. The molecule has 0 bridgehead atoms. The van der Waals surface area contributed by atoms with Gasteiger partial charge in [-0.2, -0.15) is 0 Å². The van der Waals surface area contributed by atoms with Crippen molar-refractivity contribution in [2.45, 2.75) is 6.04 Å². The number of rotatable bonds is 5. The summed E-state index contributed by atoms with van der Waals surface area (Å²) in [5.74, 6) is -0.0652. The first-order valence-electron chi connectivity index (χ1n) is 8.14. The molecule has 0 saturated carbocycles. The van der Waals surface area contributed by atoms with Crippen LogP contribution in [0.25, 0.3) is 0 Å². The Bertz CT molecular complexity index is 672. The lowest BCUT2D eigenvalue weighted by Gasteiger charge is -2.31. The quantitative estimate of drug-likeness (QED) is 0.854. The Kier molecular flexibility index (Phi) is 6.01. The van der Waals surface area contributed by atoms with Gasteiger partial charge < -0.3 is 10.1 Å². The lowest BCUT2D eigenvalue weighted by molar-refractivity contribution is 0.0332. The summed E-state index contributed by atoms with van der Waals surface area (Å²) >= 11 is 3.45. The van der Waals surface area contributed by atoms with E-state index in [1.807, 2.05) is 42.5 Å². The summed E-state index contributed by atoms with van der Waals surface area (Å²) in [5.41, 5.74) is 1.77. The van der Waals surface area contributed by atoms with E-state index in [1.54, 1.807) is 0 Å². The van der Waals surface area contributed by atoms with Gasteiger partial charge in [0.1, 0.15) is 0 Å². The predicted octanol–water partition coefficient (Wildman–Crippen LogP) is 3.25. The molecule has 2 aromatic rings. The van der Waals surface area contributed by atoms with Gasteiger partial charge in [0.15, 0.2) is 0 Å². The Morgan fingerprint density at radius 3 is 2.46 bits per heavy atom. The average molecular weight is 389 g/mol. The van der Waals surface area contributed by atoms with E-state index in [2.05, 4.69) is 38.3 Å². The zero-order valence-corrected chi connectivity index (χ0v) is 15.0. The molecule has 0 spiro atoms. The van der Waals surface area contributed by atoms with Crippen molar-refractivity contribution in [3.8, 4) is 0 Å². The minimum Gasteiger partial charge on any atom is -0.379 e. The Balaban J connectivity index is 1.76. The Morgan fingerprint density at radius 1 is 1.08 bits per heavy atom. The standard InChI is InChI=1S/C19H21BrN2O2/c20-17-9-5-4-8-16(17)19(23)21-18(15-6-2-1-3-7-15)14-22-10-12-24-13-11-22/h1-9,18H,10-14H2,(H,21,23)/t18-/m0/s1. The van der Waals surface area contributed by atoms with Crippen molar-refractivity contribution in [1.29, 1.82) is 0 Å². The number of hydrogen-bond acceptors (Lipinski definition) is 3. The highest BCUT2D eigenvalue weighted by molar-refractivity contribution is 9.10. The molecule has 0 unspecified atom stereocenters. The van der Waals surface area contributed by atoms with Crippen molar-refractivity contribution in [3.05, 3.63) is 70.2 Å². The predicted molar refractivity (Wildman–Crippen MR) is 98.1 cm³/mol. The molecule has 1 fully saturated rings. The van der Waals surface area contributed by atoms with Crippen LogP contribution in [0.5, 0.6) is 0 Å². The van der Waals surface area contributed by atoms with E-state index in [9.17, 15) is 4.79 Å². The van der Waals surface area contributed by atoms with Crippen LogP contribution < -0.4 is 5.32 Å². The second-order valence-corrected chi connectivity index (χ2v) is 6.68. The fourth-order valence-electron chi connectivity index (χ4n) is 2.84. The minimum atomic E-state index is -0.0652. The summed E-state index contributed by atoms with van der Waals surface area (Å²) in [6.45, 7) is 4.07. The van der Waals surface area contributed by atoms with Crippen molar-refractivity contribution in [1.82, 2.24) is 10.2 Å². The molecule has 5 heteroatoms. The van der Waals surface area contributed by atoms with E-state index in [0.717, 1.165) is 42.9 Å². The number of carbonyl (C=O) groups excluding carboxylic acids is 1. The van der Waals surface area contributed by atoms with Gasteiger partial charge in [0.2, 0.25) is 0 Å². The third-order valence-corrected chi connectivity index (χ3v) is 4.86. The van der Waals surface area contributed by atoms with Gasteiger partial charge in [0, 0.05) is 24.1 Å². The van der Waals surface area contributed by atoms with E-state index in [-0.39, 0.29) is 11.9 Å². The molecule has 1 heterocycles. The number of ether oxygens (including phenoxy) is 1. The SMILES string of the molecule is O=C(N[C@@H](CN1CCOCC1)c1ccccc1)c1ccccc1Br. The lowest BCUT2D eigenvalue weighted by Crippen LogP contribution is -2.43. The van der Waals surface area contributed by atoms with Crippen molar-refractivity contribution >= 4 is 21.8 Å². The van der Waals surface area contributed by atoms with Crippen molar-refractivity contribution in [2.75, 3.05) is 32.8 Å². The summed E-state index contributed by atoms with van der Waals surface area (Å²) in [7, 11) is 0. The number of hydrogen-bond donors (Lipinski definition) is 1. The highest BCUT2D eigenvalue weighted by Gasteiger charge is 2.21. The monoisotopic (exact) mass is 388 g/mol. The normalized spacial score (nSPS) is 16.5. The smallest absolute Gasteiger partial charge is 0.252 e. The van der Waals surface area contributed by atoms with Crippen LogP contribution in [-0.2, 0) is 4.74 Å². The van der Waals surface area contributed by atoms with Crippen LogP contribution >= 0.6 is 15.9 Å². The molecule has 4 nitrogen and oxygen atoms in total. The molecule has 2 aromatic carbocycles. The molecule has 1 aliphatic heterocycles. The third-order valence-electron chi connectivity index (χ3n) is 4.17. The van der Waals surface area contributed by atoms with E-state index >= 15 is 0 Å². The summed E-state index contributed by atoms with van der Waals surface area (Å²) in [4.78, 5) is 15.0. The summed E-state index contributed by atoms with van der Waals surface area (Å²) < 4.78 is 6.22. The zero-order valence-electron chi connectivity index (χ0n) is 13.5. The lowest BCUT2D eigenvalue weighted by atomic mass is 10.1. The molecule has 1 N–H and O–H groups in total. The molecule has 1 aliphatic rings. The third kappa shape index (κ3) is 4.44. The van der Waals surface area contributed by atoms with E-state index < -0.39 is 0 Å². The molecule has 126 valence electrons. The van der Waals surface area contributed by atoms with Crippen LogP contribution in [0.15, 0.2) is 59.1 Å². The van der Waals surface area contributed by atoms with Crippen molar-refractivity contribution in [3.63, 3.8) is 0 Å². The largest absolute Gasteiger partial charge is 0.379 e. The van der Waals surface area contributed by atoms with Crippen LogP contribution in [0.4, 0.5) is 0 Å². The van der Waals surface area contributed by atoms with Crippen molar-refractivity contribution in [2.24, 2.45) is 0 Å². The molecule has 1 amide bonds. The van der Waals surface area contributed by atoms with E-state index in [0.29, 0.717) is 5.56 Å². The van der Waals surface area contributed by atoms with Crippen LogP contribution in [0, 0.1) is 0 Å². The number of nitrogens with one attached hydrogen (secondary N) is 1. The molecular weight excluding hydrogens is 368 g/mol. The highest BCUT2D eigenvalue weighted by Crippen LogP contribution is 2.19. The number of nitrogens with zero attached hydrogens (tertiary/aromatic N) is 1. The highest BCUT2D eigenvalue weighted by atomic mass is 79.9. The van der Waals surface area contributed by atoms with Crippen LogP contribution in [-0.4, -0.2) is 43.7 Å². The van der Waals surface area contributed by atoms with Gasteiger partial charge in [-0.05, 0) is 33.6 Å². The Morgan fingerprint density at radius 2 is 1.75 bits per heavy atom. The Hall–Kier alpha value is -1.69. The molecule has 0 aromatic heterocycles. The van der Waals surface area contributed by atoms with Crippen molar-refractivity contribution < 1.29 is 9.53 Å².